The van der Waals surface area contributed by atoms with Crippen LogP contribution in [0, 0.1) is 5.82 Å². The molecule has 0 saturated carbocycles. The Morgan fingerprint density at radius 1 is 1.44 bits per heavy atom. The highest BCUT2D eigenvalue weighted by Crippen LogP contribution is 2.18. The maximum Gasteiger partial charge on any atom is 0.244 e. The van der Waals surface area contributed by atoms with E-state index in [0.717, 1.165) is 0 Å². The van der Waals surface area contributed by atoms with Gasteiger partial charge in [0.2, 0.25) is 5.89 Å². The topological polar surface area (TPSA) is 38.9 Å². The normalized spacial score (nSPS) is 12.7. The Balaban J connectivity index is 2.18. The molecule has 0 radical (unpaired) electrons. The largest absolute Gasteiger partial charge is 0.338 e. The van der Waals surface area contributed by atoms with Gasteiger partial charge in [0.05, 0.1) is 0 Å². The number of nitrogens with zero attached hydrogens (tertiary/aromatic N) is 2. The minimum absolute atomic E-state index is 0.271. The summed E-state index contributed by atoms with van der Waals surface area (Å²) >= 11 is 5.78. The first kappa shape index (κ1) is 11.1. The number of halogens is 2. The van der Waals surface area contributed by atoms with Crippen LogP contribution in [0.4, 0.5) is 4.39 Å². The van der Waals surface area contributed by atoms with Crippen molar-refractivity contribution in [3.8, 4) is 0 Å². The predicted octanol–water partition coefficient (Wildman–Crippen LogP) is 3.10. The van der Waals surface area contributed by atoms with Gasteiger partial charge in [0.1, 0.15) is 11.2 Å². The van der Waals surface area contributed by atoms with E-state index in [-0.39, 0.29) is 11.2 Å². The molecule has 1 aromatic carbocycles. The fraction of sp³-hybridized carbons (Fsp3) is 0.273. The molecule has 1 aromatic heterocycles. The van der Waals surface area contributed by atoms with Crippen molar-refractivity contribution < 1.29 is 8.91 Å². The van der Waals surface area contributed by atoms with Gasteiger partial charge in [-0.05, 0) is 18.6 Å². The Hall–Kier alpha value is -1.42. The van der Waals surface area contributed by atoms with Crippen LogP contribution in [0.15, 0.2) is 28.8 Å². The molecule has 0 spiro atoms. The van der Waals surface area contributed by atoms with Crippen molar-refractivity contribution >= 4 is 11.6 Å². The molecule has 1 heterocycles. The van der Waals surface area contributed by atoms with E-state index in [4.69, 9.17) is 16.1 Å². The Morgan fingerprint density at radius 2 is 2.19 bits per heavy atom. The molecule has 0 fully saturated rings. The van der Waals surface area contributed by atoms with Crippen LogP contribution < -0.4 is 0 Å². The summed E-state index contributed by atoms with van der Waals surface area (Å²) in [6.07, 6.45) is 0.305. The van der Waals surface area contributed by atoms with Gasteiger partial charge in [-0.1, -0.05) is 23.4 Å². The zero-order valence-corrected chi connectivity index (χ0v) is 9.41. The molecule has 3 nitrogen and oxygen atoms in total. The van der Waals surface area contributed by atoms with Crippen LogP contribution in [0.25, 0.3) is 0 Å². The Kier molecular flexibility index (Phi) is 3.19. The maximum absolute atomic E-state index is 13.3. The molecule has 2 rings (SSSR count). The van der Waals surface area contributed by atoms with E-state index >= 15 is 0 Å². The molecule has 0 aliphatic carbocycles. The van der Waals surface area contributed by atoms with Crippen molar-refractivity contribution in [3.63, 3.8) is 0 Å². The number of hydrogen-bond acceptors (Lipinski definition) is 3. The first-order chi connectivity index (χ1) is 7.66. The molecule has 1 atom stereocenters. The molecule has 84 valence electrons. The summed E-state index contributed by atoms with van der Waals surface area (Å²) in [5, 5.41) is 3.41. The molecule has 0 N–H and O–H groups in total. The third-order valence-corrected chi connectivity index (χ3v) is 2.32. The Morgan fingerprint density at radius 3 is 2.81 bits per heavy atom. The minimum atomic E-state index is -0.332. The average molecular weight is 241 g/mol. The first-order valence-electron chi connectivity index (χ1n) is 4.87. The van der Waals surface area contributed by atoms with Crippen LogP contribution in [0.2, 0.25) is 0 Å². The van der Waals surface area contributed by atoms with E-state index in [1.54, 1.807) is 25.1 Å². The van der Waals surface area contributed by atoms with Crippen molar-refractivity contribution in [3.05, 3.63) is 47.4 Å². The number of alkyl halides is 1. The van der Waals surface area contributed by atoms with E-state index in [1.165, 1.54) is 6.07 Å². The summed E-state index contributed by atoms with van der Waals surface area (Å²) in [6.45, 7) is 1.74. The Bertz CT molecular complexity index is 484. The van der Waals surface area contributed by atoms with Crippen LogP contribution in [0.5, 0.6) is 0 Å². The van der Waals surface area contributed by atoms with Crippen LogP contribution in [0.1, 0.15) is 29.6 Å². The molecule has 2 aromatic rings. The van der Waals surface area contributed by atoms with Gasteiger partial charge in [0.25, 0.3) is 0 Å². The molecule has 0 bridgehead atoms. The molecule has 1 unspecified atom stereocenters. The van der Waals surface area contributed by atoms with Gasteiger partial charge in [-0.2, -0.15) is 4.98 Å². The number of benzene rings is 1. The minimum Gasteiger partial charge on any atom is -0.338 e. The van der Waals surface area contributed by atoms with Gasteiger partial charge in [-0.25, -0.2) is 4.39 Å². The maximum atomic E-state index is 13.3. The lowest BCUT2D eigenvalue weighted by atomic mass is 10.1. The van der Waals surface area contributed by atoms with E-state index in [0.29, 0.717) is 23.7 Å². The highest BCUT2D eigenvalue weighted by molar-refractivity contribution is 6.20. The number of rotatable bonds is 3. The monoisotopic (exact) mass is 240 g/mol. The summed E-state index contributed by atoms with van der Waals surface area (Å²) in [5.74, 6) is 0.522. The second-order valence-electron chi connectivity index (χ2n) is 3.43. The molecular formula is C11H10ClFN2O. The van der Waals surface area contributed by atoms with Crippen molar-refractivity contribution in [2.75, 3.05) is 0 Å². The molecular weight excluding hydrogens is 231 g/mol. The molecule has 16 heavy (non-hydrogen) atoms. The zero-order chi connectivity index (χ0) is 11.5. The highest BCUT2D eigenvalue weighted by atomic mass is 35.5. The van der Waals surface area contributed by atoms with Crippen molar-refractivity contribution in [2.24, 2.45) is 0 Å². The van der Waals surface area contributed by atoms with Crippen molar-refractivity contribution in [2.45, 2.75) is 18.7 Å². The van der Waals surface area contributed by atoms with Crippen molar-refractivity contribution in [1.29, 1.82) is 0 Å². The van der Waals surface area contributed by atoms with Crippen LogP contribution in [-0.4, -0.2) is 10.1 Å². The lowest BCUT2D eigenvalue weighted by Gasteiger charge is -1.97. The second kappa shape index (κ2) is 4.61. The highest BCUT2D eigenvalue weighted by Gasteiger charge is 2.12. The third-order valence-electron chi connectivity index (χ3n) is 2.13. The van der Waals surface area contributed by atoms with Crippen LogP contribution >= 0.6 is 11.6 Å². The second-order valence-corrected chi connectivity index (χ2v) is 4.09. The number of aromatic nitrogens is 2. The SMILES string of the molecule is CC(Cl)c1nc(Cc2ccccc2F)no1. The summed E-state index contributed by atoms with van der Waals surface area (Å²) in [6, 6.07) is 6.50. The quantitative estimate of drug-likeness (QED) is 0.774. The number of hydrogen-bond donors (Lipinski definition) is 0. The molecule has 0 saturated heterocycles. The van der Waals surface area contributed by atoms with E-state index < -0.39 is 0 Å². The fourth-order valence-corrected chi connectivity index (χ4v) is 1.40. The van der Waals surface area contributed by atoms with Gasteiger partial charge in [-0.3, -0.25) is 0 Å². The lowest BCUT2D eigenvalue weighted by Crippen LogP contribution is -1.94. The fourth-order valence-electron chi connectivity index (χ4n) is 1.31. The van der Waals surface area contributed by atoms with E-state index in [1.807, 2.05) is 0 Å². The van der Waals surface area contributed by atoms with Crippen molar-refractivity contribution in [1.82, 2.24) is 10.1 Å². The van der Waals surface area contributed by atoms with E-state index in [9.17, 15) is 4.39 Å². The van der Waals surface area contributed by atoms with Gasteiger partial charge < -0.3 is 4.52 Å². The van der Waals surface area contributed by atoms with Crippen LogP contribution in [0.3, 0.4) is 0 Å². The average Bonchev–Trinajstić information content (AvgIpc) is 2.70. The predicted molar refractivity (Wildman–Crippen MR) is 57.8 cm³/mol. The molecule has 0 aliphatic rings. The van der Waals surface area contributed by atoms with Crippen LogP contribution in [-0.2, 0) is 6.42 Å². The zero-order valence-electron chi connectivity index (χ0n) is 8.65. The van der Waals surface area contributed by atoms with Gasteiger partial charge in [-0.15, -0.1) is 11.6 Å². The first-order valence-corrected chi connectivity index (χ1v) is 5.30. The van der Waals surface area contributed by atoms with Gasteiger partial charge >= 0.3 is 0 Å². The Labute approximate surface area is 97.2 Å². The molecule has 5 heteroatoms. The summed E-state index contributed by atoms with van der Waals surface area (Å²) in [7, 11) is 0. The lowest BCUT2D eigenvalue weighted by molar-refractivity contribution is 0.374. The standard InChI is InChI=1S/C11H10ClFN2O/c1-7(12)11-14-10(15-16-11)6-8-4-2-3-5-9(8)13/h2-5,7H,6H2,1H3. The van der Waals surface area contributed by atoms with Gasteiger partial charge in [0, 0.05) is 6.42 Å². The summed E-state index contributed by atoms with van der Waals surface area (Å²) in [4.78, 5) is 4.07. The van der Waals surface area contributed by atoms with E-state index in [2.05, 4.69) is 10.1 Å². The third kappa shape index (κ3) is 2.39. The summed E-state index contributed by atoms with van der Waals surface area (Å²) in [5.41, 5.74) is 0.539. The molecule has 0 amide bonds. The molecule has 0 aliphatic heterocycles. The summed E-state index contributed by atoms with van der Waals surface area (Å²) < 4.78 is 18.3. The van der Waals surface area contributed by atoms with Gasteiger partial charge in [0.15, 0.2) is 5.82 Å². The smallest absolute Gasteiger partial charge is 0.244 e.